The summed E-state index contributed by atoms with van der Waals surface area (Å²) in [5.41, 5.74) is 0.380. The molecule has 1 amide bonds. The molecule has 6 nitrogen and oxygen atoms in total. The van der Waals surface area contributed by atoms with Crippen LogP contribution < -0.4 is 15.2 Å². The van der Waals surface area contributed by atoms with Crippen LogP contribution in [0.25, 0.3) is 0 Å². The summed E-state index contributed by atoms with van der Waals surface area (Å²) in [5, 5.41) is 23.4. The molecule has 0 aliphatic heterocycles. The monoisotopic (exact) mass is 290 g/mol. The maximum Gasteiger partial charge on any atom is 0.228 e. The summed E-state index contributed by atoms with van der Waals surface area (Å²) in [5.74, 6) is -2.95. The summed E-state index contributed by atoms with van der Waals surface area (Å²) in [6.07, 6.45) is 4.17. The van der Waals surface area contributed by atoms with E-state index in [0.29, 0.717) is 17.9 Å². The molecule has 0 aromatic heterocycles. The molecule has 112 valence electrons. The van der Waals surface area contributed by atoms with Crippen LogP contribution in [-0.4, -0.2) is 24.1 Å². The quantitative estimate of drug-likeness (QED) is 0.794. The third-order valence-electron chi connectivity index (χ3n) is 3.52. The third-order valence-corrected chi connectivity index (χ3v) is 3.52. The molecule has 2 N–H and O–H groups in total. The Kier molecular flexibility index (Phi) is 4.47. The highest BCUT2D eigenvalue weighted by Gasteiger charge is 2.29. The van der Waals surface area contributed by atoms with Crippen molar-refractivity contribution in [1.82, 2.24) is 0 Å². The highest BCUT2D eigenvalue weighted by molar-refractivity contribution is 5.95. The zero-order valence-electron chi connectivity index (χ0n) is 11.5. The molecular formula is C15H16NO5-. The lowest BCUT2D eigenvalue weighted by Gasteiger charge is -2.28. The Labute approximate surface area is 122 Å². The van der Waals surface area contributed by atoms with E-state index in [-0.39, 0.29) is 12.2 Å². The fourth-order valence-corrected chi connectivity index (χ4v) is 2.37. The minimum atomic E-state index is -1.22. The van der Waals surface area contributed by atoms with Gasteiger partial charge in [-0.15, -0.1) is 0 Å². The maximum atomic E-state index is 12.2. The van der Waals surface area contributed by atoms with E-state index in [1.54, 1.807) is 18.2 Å². The second kappa shape index (κ2) is 6.30. The Hall–Kier alpha value is -2.50. The van der Waals surface area contributed by atoms with Crippen LogP contribution in [0.2, 0.25) is 0 Å². The second-order valence-electron chi connectivity index (χ2n) is 4.85. The van der Waals surface area contributed by atoms with Crippen molar-refractivity contribution in [2.45, 2.75) is 12.8 Å². The number of amides is 1. The lowest BCUT2D eigenvalue weighted by atomic mass is 9.82. The van der Waals surface area contributed by atoms with Gasteiger partial charge in [-0.1, -0.05) is 12.2 Å². The van der Waals surface area contributed by atoms with Gasteiger partial charge in [0.1, 0.15) is 0 Å². The number of anilines is 1. The fourth-order valence-electron chi connectivity index (χ4n) is 2.37. The van der Waals surface area contributed by atoms with Crippen molar-refractivity contribution in [3.63, 3.8) is 0 Å². The number of methoxy groups -OCH3 is 1. The molecule has 2 atom stereocenters. The van der Waals surface area contributed by atoms with Crippen LogP contribution in [0, 0.1) is 11.8 Å². The zero-order valence-corrected chi connectivity index (χ0v) is 11.5. The van der Waals surface area contributed by atoms with Gasteiger partial charge >= 0.3 is 0 Å². The number of carbonyl (C=O) groups excluding carboxylic acids is 2. The number of nitrogens with one attached hydrogen (secondary N) is 1. The number of phenolic OH excluding ortho intramolecular Hbond substituents is 1. The first-order chi connectivity index (χ1) is 10.0. The standard InChI is InChI=1S/C15H17NO5/c1-21-13-7-6-9(8-12(13)17)16-14(18)10-4-2-3-5-11(10)15(19)20/h2-3,6-8,10-11,17H,4-5H2,1H3,(H,16,18)(H,19,20)/p-1/t10-,11+/m0/s1. The highest BCUT2D eigenvalue weighted by Crippen LogP contribution is 2.30. The first kappa shape index (κ1) is 14.9. The number of hydrogen-bond acceptors (Lipinski definition) is 5. The summed E-state index contributed by atoms with van der Waals surface area (Å²) in [7, 11) is 1.42. The zero-order chi connectivity index (χ0) is 15.4. The minimum absolute atomic E-state index is 0.102. The van der Waals surface area contributed by atoms with E-state index < -0.39 is 23.7 Å². The van der Waals surface area contributed by atoms with Crippen LogP contribution in [0.5, 0.6) is 11.5 Å². The van der Waals surface area contributed by atoms with Gasteiger partial charge in [-0.05, 0) is 25.0 Å². The molecule has 1 aliphatic rings. The average molecular weight is 290 g/mol. The topological polar surface area (TPSA) is 98.7 Å². The highest BCUT2D eigenvalue weighted by atomic mass is 16.5. The number of aliphatic carboxylic acids is 1. The molecule has 2 rings (SSSR count). The van der Waals surface area contributed by atoms with E-state index in [2.05, 4.69) is 5.32 Å². The van der Waals surface area contributed by atoms with Crippen LogP contribution in [0.15, 0.2) is 30.4 Å². The van der Waals surface area contributed by atoms with E-state index in [1.165, 1.54) is 19.2 Å². The molecule has 0 heterocycles. The van der Waals surface area contributed by atoms with Gasteiger partial charge in [0.05, 0.1) is 13.0 Å². The Morgan fingerprint density at radius 1 is 1.29 bits per heavy atom. The van der Waals surface area contributed by atoms with Gasteiger partial charge < -0.3 is 25.1 Å². The molecular weight excluding hydrogens is 274 g/mol. The number of ether oxygens (including phenoxy) is 1. The van der Waals surface area contributed by atoms with E-state index >= 15 is 0 Å². The lowest BCUT2D eigenvalue weighted by Crippen LogP contribution is -2.41. The molecule has 0 radical (unpaired) electrons. The van der Waals surface area contributed by atoms with Gasteiger partial charge in [-0.25, -0.2) is 0 Å². The van der Waals surface area contributed by atoms with Gasteiger partial charge in [0, 0.05) is 23.6 Å². The van der Waals surface area contributed by atoms with E-state index in [9.17, 15) is 19.8 Å². The smallest absolute Gasteiger partial charge is 0.228 e. The van der Waals surface area contributed by atoms with Gasteiger partial charge in [-0.2, -0.15) is 0 Å². The molecule has 1 aliphatic carbocycles. The predicted octanol–water partition coefficient (Wildman–Crippen LogP) is 0.672. The number of phenols is 1. The summed E-state index contributed by atoms with van der Waals surface area (Å²) < 4.78 is 4.91. The summed E-state index contributed by atoms with van der Waals surface area (Å²) in [6, 6.07) is 4.44. The average Bonchev–Trinajstić information content (AvgIpc) is 2.47. The lowest BCUT2D eigenvalue weighted by molar-refractivity contribution is -0.313. The van der Waals surface area contributed by atoms with Gasteiger partial charge in [0.15, 0.2) is 11.5 Å². The first-order valence-electron chi connectivity index (χ1n) is 6.56. The van der Waals surface area contributed by atoms with Crippen LogP contribution >= 0.6 is 0 Å². The van der Waals surface area contributed by atoms with E-state index in [0.717, 1.165) is 0 Å². The fraction of sp³-hybridized carbons (Fsp3) is 0.333. The molecule has 21 heavy (non-hydrogen) atoms. The van der Waals surface area contributed by atoms with Crippen molar-refractivity contribution in [2.75, 3.05) is 12.4 Å². The summed E-state index contributed by atoms with van der Waals surface area (Å²) in [6.45, 7) is 0. The van der Waals surface area contributed by atoms with Crippen LogP contribution in [0.3, 0.4) is 0 Å². The number of allylic oxidation sites excluding steroid dienone is 2. The largest absolute Gasteiger partial charge is 0.550 e. The van der Waals surface area contributed by atoms with Crippen molar-refractivity contribution >= 4 is 17.6 Å². The molecule has 0 unspecified atom stereocenters. The van der Waals surface area contributed by atoms with E-state index in [1.807, 2.05) is 0 Å². The normalized spacial score (nSPS) is 20.8. The number of carboxylic acid groups (broad SMARTS) is 1. The molecule has 0 bridgehead atoms. The molecule has 0 saturated heterocycles. The molecule has 0 saturated carbocycles. The van der Waals surface area contributed by atoms with Gasteiger partial charge in [-0.3, -0.25) is 4.79 Å². The predicted molar refractivity (Wildman–Crippen MR) is 73.6 cm³/mol. The molecule has 0 fully saturated rings. The Bertz CT molecular complexity index is 581. The Balaban J connectivity index is 2.11. The van der Waals surface area contributed by atoms with E-state index in [4.69, 9.17) is 4.74 Å². The second-order valence-corrected chi connectivity index (χ2v) is 4.85. The molecule has 6 heteroatoms. The summed E-state index contributed by atoms with van der Waals surface area (Å²) in [4.78, 5) is 23.3. The third kappa shape index (κ3) is 3.34. The van der Waals surface area contributed by atoms with Crippen molar-refractivity contribution in [1.29, 1.82) is 0 Å². The van der Waals surface area contributed by atoms with Crippen molar-refractivity contribution in [3.8, 4) is 11.5 Å². The molecule has 1 aromatic carbocycles. The van der Waals surface area contributed by atoms with Crippen LogP contribution in [0.1, 0.15) is 12.8 Å². The number of rotatable bonds is 4. The van der Waals surface area contributed by atoms with Gasteiger partial charge in [0.2, 0.25) is 5.91 Å². The number of carbonyl (C=O) groups is 2. The molecule has 0 spiro atoms. The SMILES string of the molecule is COc1ccc(NC(=O)[C@H]2CC=CC[C@H]2C(=O)[O-])cc1O. The minimum Gasteiger partial charge on any atom is -0.550 e. The Morgan fingerprint density at radius 3 is 2.52 bits per heavy atom. The van der Waals surface area contributed by atoms with Crippen molar-refractivity contribution in [2.24, 2.45) is 11.8 Å². The number of hydrogen-bond donors (Lipinski definition) is 2. The van der Waals surface area contributed by atoms with Crippen LogP contribution in [-0.2, 0) is 9.59 Å². The number of benzene rings is 1. The van der Waals surface area contributed by atoms with Gasteiger partial charge in [0.25, 0.3) is 0 Å². The Morgan fingerprint density at radius 2 is 1.95 bits per heavy atom. The maximum absolute atomic E-state index is 12.2. The summed E-state index contributed by atoms with van der Waals surface area (Å²) >= 11 is 0. The first-order valence-corrected chi connectivity index (χ1v) is 6.56. The number of aromatic hydroxyl groups is 1. The van der Waals surface area contributed by atoms with Crippen LogP contribution in [0.4, 0.5) is 5.69 Å². The van der Waals surface area contributed by atoms with Crippen molar-refractivity contribution < 1.29 is 24.5 Å². The number of carboxylic acids is 1. The van der Waals surface area contributed by atoms with Crippen molar-refractivity contribution in [3.05, 3.63) is 30.4 Å². The molecule has 1 aromatic rings.